The summed E-state index contributed by atoms with van der Waals surface area (Å²) in [5.74, 6) is 0.948. The Labute approximate surface area is 95.2 Å². The summed E-state index contributed by atoms with van der Waals surface area (Å²) in [4.78, 5) is 15.9. The molecule has 1 atom stereocenters. The highest BCUT2D eigenvalue weighted by molar-refractivity contribution is 5.75. The Balaban J connectivity index is 1.95. The summed E-state index contributed by atoms with van der Waals surface area (Å²) in [6.45, 7) is 6.81. The maximum atomic E-state index is 11.7. The zero-order valence-electron chi connectivity index (χ0n) is 9.95. The Morgan fingerprint density at radius 1 is 1.56 bits per heavy atom. The SMILES string of the molecule is CC(C)(C)NC(=O)N[C@H]1CCn2ccnc21. The highest BCUT2D eigenvalue weighted by atomic mass is 16.2. The van der Waals surface area contributed by atoms with E-state index in [1.165, 1.54) is 0 Å². The maximum Gasteiger partial charge on any atom is 0.315 e. The van der Waals surface area contributed by atoms with Gasteiger partial charge < -0.3 is 15.2 Å². The molecule has 88 valence electrons. The van der Waals surface area contributed by atoms with Crippen molar-refractivity contribution in [1.82, 2.24) is 20.2 Å². The van der Waals surface area contributed by atoms with Crippen molar-refractivity contribution < 1.29 is 4.79 Å². The molecular formula is C11H18N4O. The molecule has 2 heterocycles. The van der Waals surface area contributed by atoms with Gasteiger partial charge in [-0.05, 0) is 27.2 Å². The summed E-state index contributed by atoms with van der Waals surface area (Å²) < 4.78 is 2.07. The van der Waals surface area contributed by atoms with Gasteiger partial charge in [0.2, 0.25) is 0 Å². The van der Waals surface area contributed by atoms with Crippen LogP contribution in [0.15, 0.2) is 12.4 Å². The van der Waals surface area contributed by atoms with Gasteiger partial charge in [-0.25, -0.2) is 9.78 Å². The van der Waals surface area contributed by atoms with Crippen LogP contribution in [0.25, 0.3) is 0 Å². The lowest BCUT2D eigenvalue weighted by atomic mass is 10.1. The fourth-order valence-corrected chi connectivity index (χ4v) is 1.89. The van der Waals surface area contributed by atoms with E-state index in [0.29, 0.717) is 0 Å². The van der Waals surface area contributed by atoms with Gasteiger partial charge in [-0.15, -0.1) is 0 Å². The van der Waals surface area contributed by atoms with Crippen LogP contribution in [0.4, 0.5) is 4.79 Å². The summed E-state index contributed by atoms with van der Waals surface area (Å²) in [5, 5.41) is 5.83. The first kappa shape index (κ1) is 11.0. The summed E-state index contributed by atoms with van der Waals surface area (Å²) in [6.07, 6.45) is 4.63. The molecule has 0 fully saturated rings. The lowest BCUT2D eigenvalue weighted by Crippen LogP contribution is -2.47. The van der Waals surface area contributed by atoms with E-state index in [-0.39, 0.29) is 17.6 Å². The number of imidazole rings is 1. The Kier molecular flexibility index (Phi) is 2.61. The van der Waals surface area contributed by atoms with Crippen LogP contribution in [0.5, 0.6) is 0 Å². The fraction of sp³-hybridized carbons (Fsp3) is 0.636. The Morgan fingerprint density at radius 2 is 2.31 bits per heavy atom. The van der Waals surface area contributed by atoms with E-state index in [0.717, 1.165) is 18.8 Å². The van der Waals surface area contributed by atoms with Crippen LogP contribution in [-0.4, -0.2) is 21.1 Å². The second-order valence-electron chi connectivity index (χ2n) is 5.17. The zero-order valence-corrected chi connectivity index (χ0v) is 9.95. The third kappa shape index (κ3) is 2.35. The molecule has 0 bridgehead atoms. The standard InChI is InChI=1S/C11H18N4O/c1-11(2,3)14-10(16)13-8-4-6-15-7-5-12-9(8)15/h5,7-8H,4,6H2,1-3H3,(H2,13,14,16)/t8-/m0/s1. The van der Waals surface area contributed by atoms with E-state index in [2.05, 4.69) is 20.2 Å². The van der Waals surface area contributed by atoms with Crippen LogP contribution < -0.4 is 10.6 Å². The van der Waals surface area contributed by atoms with E-state index in [4.69, 9.17) is 0 Å². The first-order valence-electron chi connectivity index (χ1n) is 5.55. The third-order valence-electron chi connectivity index (χ3n) is 2.51. The molecular weight excluding hydrogens is 204 g/mol. The first-order chi connectivity index (χ1) is 7.46. The van der Waals surface area contributed by atoms with Crippen molar-refractivity contribution in [3.8, 4) is 0 Å². The first-order valence-corrected chi connectivity index (χ1v) is 5.55. The molecule has 2 amide bonds. The predicted molar refractivity (Wildman–Crippen MR) is 61.0 cm³/mol. The van der Waals surface area contributed by atoms with Crippen molar-refractivity contribution in [2.24, 2.45) is 0 Å². The quantitative estimate of drug-likeness (QED) is 0.755. The van der Waals surface area contributed by atoms with Crippen LogP contribution in [-0.2, 0) is 6.54 Å². The smallest absolute Gasteiger partial charge is 0.315 e. The second-order valence-corrected chi connectivity index (χ2v) is 5.17. The van der Waals surface area contributed by atoms with E-state index in [9.17, 15) is 4.79 Å². The van der Waals surface area contributed by atoms with Crippen molar-refractivity contribution in [1.29, 1.82) is 0 Å². The summed E-state index contributed by atoms with van der Waals surface area (Å²) in [6, 6.07) is -0.0914. The van der Waals surface area contributed by atoms with Gasteiger partial charge in [0.05, 0.1) is 6.04 Å². The van der Waals surface area contributed by atoms with Crippen LogP contribution in [0.2, 0.25) is 0 Å². The lowest BCUT2D eigenvalue weighted by Gasteiger charge is -2.22. The van der Waals surface area contributed by atoms with Gasteiger partial charge >= 0.3 is 6.03 Å². The summed E-state index contributed by atoms with van der Waals surface area (Å²) >= 11 is 0. The minimum atomic E-state index is -0.210. The molecule has 1 aromatic rings. The highest BCUT2D eigenvalue weighted by Crippen LogP contribution is 2.23. The fourth-order valence-electron chi connectivity index (χ4n) is 1.89. The average molecular weight is 222 g/mol. The normalized spacial score (nSPS) is 19.3. The van der Waals surface area contributed by atoms with Crippen LogP contribution in [0.1, 0.15) is 39.1 Å². The zero-order chi connectivity index (χ0) is 11.8. The van der Waals surface area contributed by atoms with Crippen LogP contribution in [0, 0.1) is 0 Å². The second kappa shape index (κ2) is 3.81. The van der Waals surface area contributed by atoms with E-state index in [1.54, 1.807) is 6.20 Å². The molecule has 16 heavy (non-hydrogen) atoms. The minimum Gasteiger partial charge on any atom is -0.334 e. The van der Waals surface area contributed by atoms with Crippen molar-refractivity contribution in [3.05, 3.63) is 18.2 Å². The Bertz CT molecular complexity index is 391. The molecule has 5 heteroatoms. The molecule has 0 saturated heterocycles. The van der Waals surface area contributed by atoms with Crippen molar-refractivity contribution >= 4 is 6.03 Å². The van der Waals surface area contributed by atoms with Crippen molar-refractivity contribution in [3.63, 3.8) is 0 Å². The summed E-state index contributed by atoms with van der Waals surface area (Å²) in [7, 11) is 0. The third-order valence-corrected chi connectivity index (χ3v) is 2.51. The number of amides is 2. The number of fused-ring (bicyclic) bond motifs is 1. The van der Waals surface area contributed by atoms with Gasteiger partial charge in [0.1, 0.15) is 5.82 Å². The topological polar surface area (TPSA) is 59.0 Å². The van der Waals surface area contributed by atoms with Crippen LogP contribution in [0.3, 0.4) is 0 Å². The summed E-state index contributed by atoms with van der Waals surface area (Å²) in [5.41, 5.74) is -0.210. The number of hydrogen-bond donors (Lipinski definition) is 2. The average Bonchev–Trinajstić information content (AvgIpc) is 2.66. The Hall–Kier alpha value is -1.52. The number of nitrogens with one attached hydrogen (secondary N) is 2. The number of carbonyl (C=O) groups excluding carboxylic acids is 1. The molecule has 1 aliphatic heterocycles. The largest absolute Gasteiger partial charge is 0.334 e. The molecule has 0 radical (unpaired) electrons. The van der Waals surface area contributed by atoms with E-state index < -0.39 is 0 Å². The van der Waals surface area contributed by atoms with E-state index >= 15 is 0 Å². The van der Waals surface area contributed by atoms with Crippen molar-refractivity contribution in [2.45, 2.75) is 45.3 Å². The van der Waals surface area contributed by atoms with Gasteiger partial charge in [0, 0.05) is 24.5 Å². The number of urea groups is 1. The van der Waals surface area contributed by atoms with E-state index in [1.807, 2.05) is 27.0 Å². The Morgan fingerprint density at radius 3 is 3.00 bits per heavy atom. The minimum absolute atomic E-state index is 0.0392. The highest BCUT2D eigenvalue weighted by Gasteiger charge is 2.25. The molecule has 2 rings (SSSR count). The number of aromatic nitrogens is 2. The molecule has 0 unspecified atom stereocenters. The van der Waals surface area contributed by atoms with Gasteiger partial charge in [-0.1, -0.05) is 0 Å². The maximum absolute atomic E-state index is 11.7. The molecule has 1 aliphatic rings. The number of rotatable bonds is 1. The van der Waals surface area contributed by atoms with Gasteiger partial charge in [-0.2, -0.15) is 0 Å². The predicted octanol–water partition coefficient (Wildman–Crippen LogP) is 1.43. The monoisotopic (exact) mass is 222 g/mol. The molecule has 0 aliphatic carbocycles. The molecule has 5 nitrogen and oxygen atoms in total. The number of nitrogens with zero attached hydrogens (tertiary/aromatic N) is 2. The van der Waals surface area contributed by atoms with Gasteiger partial charge in [0.25, 0.3) is 0 Å². The molecule has 1 aromatic heterocycles. The van der Waals surface area contributed by atoms with Gasteiger partial charge in [0.15, 0.2) is 0 Å². The lowest BCUT2D eigenvalue weighted by molar-refractivity contribution is 0.228. The molecule has 0 spiro atoms. The molecule has 2 N–H and O–H groups in total. The number of carbonyl (C=O) groups is 1. The number of hydrogen-bond acceptors (Lipinski definition) is 2. The van der Waals surface area contributed by atoms with Crippen molar-refractivity contribution in [2.75, 3.05) is 0 Å². The molecule has 0 saturated carbocycles. The van der Waals surface area contributed by atoms with Gasteiger partial charge in [-0.3, -0.25) is 0 Å². The number of aryl methyl sites for hydroxylation is 1. The van der Waals surface area contributed by atoms with Crippen LogP contribution >= 0.6 is 0 Å². The molecule has 0 aromatic carbocycles.